The molecule has 3 aromatic carbocycles. The summed E-state index contributed by atoms with van der Waals surface area (Å²) in [6.07, 6.45) is 0.847. The van der Waals surface area contributed by atoms with Crippen LogP contribution in [0.1, 0.15) is 17.5 Å². The summed E-state index contributed by atoms with van der Waals surface area (Å²) in [5.41, 5.74) is 3.70. The van der Waals surface area contributed by atoms with E-state index in [1.807, 2.05) is 73.7 Å². The molecule has 1 aromatic heterocycles. The summed E-state index contributed by atoms with van der Waals surface area (Å²) in [5, 5.41) is 0.679. The molecule has 0 atom stereocenters. The fourth-order valence-electron chi connectivity index (χ4n) is 3.62. The number of methoxy groups -OCH3 is 2. The zero-order valence-corrected chi connectivity index (χ0v) is 18.6. The average molecular weight is 433 g/mol. The van der Waals surface area contributed by atoms with Gasteiger partial charge in [-0.15, -0.1) is 0 Å². The highest BCUT2D eigenvalue weighted by Crippen LogP contribution is 2.36. The highest BCUT2D eigenvalue weighted by molar-refractivity contribution is 7.22. The number of fused-ring (bicyclic) bond motifs is 1. The van der Waals surface area contributed by atoms with Gasteiger partial charge in [-0.2, -0.15) is 0 Å². The van der Waals surface area contributed by atoms with Crippen LogP contribution in [-0.4, -0.2) is 25.1 Å². The Labute approximate surface area is 185 Å². The van der Waals surface area contributed by atoms with Crippen molar-refractivity contribution in [3.05, 3.63) is 77.9 Å². The Kier molecular flexibility index (Phi) is 6.18. The molecule has 0 unspecified atom stereocenters. The molecule has 0 fully saturated rings. The fourth-order valence-corrected chi connectivity index (χ4v) is 4.62. The molecule has 0 saturated carbocycles. The van der Waals surface area contributed by atoms with Crippen molar-refractivity contribution in [2.24, 2.45) is 0 Å². The first-order chi connectivity index (χ1) is 15.1. The van der Waals surface area contributed by atoms with Crippen molar-refractivity contribution in [3.8, 4) is 11.5 Å². The molecule has 0 bridgehead atoms. The number of hydrogen-bond donors (Lipinski definition) is 0. The second kappa shape index (κ2) is 9.18. The molecule has 4 aromatic rings. The van der Waals surface area contributed by atoms with Gasteiger partial charge >= 0.3 is 0 Å². The molecular formula is C25H24N2O3S. The van der Waals surface area contributed by atoms with E-state index in [0.717, 1.165) is 27.0 Å². The third-order valence-electron chi connectivity index (χ3n) is 5.17. The topological polar surface area (TPSA) is 51.7 Å². The van der Waals surface area contributed by atoms with Gasteiger partial charge in [0.25, 0.3) is 0 Å². The summed E-state index contributed by atoms with van der Waals surface area (Å²) in [7, 11) is 3.23. The molecule has 5 nitrogen and oxygen atoms in total. The van der Waals surface area contributed by atoms with Crippen molar-refractivity contribution in [1.29, 1.82) is 0 Å². The van der Waals surface area contributed by atoms with Gasteiger partial charge in [0.15, 0.2) is 16.6 Å². The van der Waals surface area contributed by atoms with Crippen molar-refractivity contribution < 1.29 is 14.3 Å². The van der Waals surface area contributed by atoms with Gasteiger partial charge in [-0.25, -0.2) is 4.98 Å². The van der Waals surface area contributed by atoms with Crippen LogP contribution in [0.2, 0.25) is 0 Å². The summed E-state index contributed by atoms with van der Waals surface area (Å²) >= 11 is 1.52. The number of ether oxygens (including phenoxy) is 2. The van der Waals surface area contributed by atoms with E-state index in [4.69, 9.17) is 14.5 Å². The zero-order chi connectivity index (χ0) is 21.8. The van der Waals surface area contributed by atoms with E-state index >= 15 is 0 Å². The molecule has 0 aliphatic heterocycles. The lowest BCUT2D eigenvalue weighted by Crippen LogP contribution is -2.26. The lowest BCUT2D eigenvalue weighted by atomic mass is 10.1. The molecule has 0 N–H and O–H groups in total. The highest BCUT2D eigenvalue weighted by atomic mass is 32.1. The van der Waals surface area contributed by atoms with Crippen LogP contribution in [0, 0.1) is 6.92 Å². The number of hydrogen-bond acceptors (Lipinski definition) is 5. The maximum absolute atomic E-state index is 13.5. The first kappa shape index (κ1) is 20.9. The number of carbonyl (C=O) groups is 1. The largest absolute Gasteiger partial charge is 0.493 e. The molecule has 0 radical (unpaired) electrons. The smallest absolute Gasteiger partial charge is 0.233 e. The molecule has 4 rings (SSSR count). The average Bonchev–Trinajstić information content (AvgIpc) is 3.22. The molecule has 31 heavy (non-hydrogen) atoms. The van der Waals surface area contributed by atoms with Crippen molar-refractivity contribution in [2.45, 2.75) is 19.8 Å². The van der Waals surface area contributed by atoms with E-state index in [2.05, 4.69) is 0 Å². The number of rotatable bonds is 7. The number of amides is 1. The van der Waals surface area contributed by atoms with Crippen LogP contribution in [0.4, 0.5) is 10.8 Å². The molecule has 6 heteroatoms. The van der Waals surface area contributed by atoms with E-state index in [1.165, 1.54) is 11.3 Å². The van der Waals surface area contributed by atoms with Gasteiger partial charge in [0.05, 0.1) is 30.1 Å². The van der Waals surface area contributed by atoms with Gasteiger partial charge in [0.2, 0.25) is 5.91 Å². The number of carbonyl (C=O) groups excluding carboxylic acids is 1. The summed E-state index contributed by atoms with van der Waals surface area (Å²) < 4.78 is 12.0. The van der Waals surface area contributed by atoms with E-state index in [9.17, 15) is 4.79 Å². The number of aromatic nitrogens is 1. The summed E-state index contributed by atoms with van der Waals surface area (Å²) in [6.45, 7) is 2.01. The lowest BCUT2D eigenvalue weighted by Gasteiger charge is -2.22. The van der Waals surface area contributed by atoms with E-state index in [0.29, 0.717) is 29.5 Å². The van der Waals surface area contributed by atoms with E-state index < -0.39 is 0 Å². The van der Waals surface area contributed by atoms with E-state index in [-0.39, 0.29) is 5.91 Å². The van der Waals surface area contributed by atoms with Crippen molar-refractivity contribution in [2.75, 3.05) is 19.1 Å². The number of anilines is 2. The fraction of sp³-hybridized carbons (Fsp3) is 0.200. The maximum atomic E-state index is 13.5. The standard InChI is InChI=1S/C25H24N2O3S/c1-17-9-4-6-12-20(17)27(25-26-19-11-5-7-14-22(19)31-25)23(28)16-15-18-10-8-13-21(29-2)24(18)30-3/h4-14H,15-16H2,1-3H3. The number of benzene rings is 3. The van der Waals surface area contributed by atoms with Crippen LogP contribution in [0.5, 0.6) is 11.5 Å². The normalized spacial score (nSPS) is 10.8. The second-order valence-electron chi connectivity index (χ2n) is 7.13. The molecule has 0 aliphatic carbocycles. The van der Waals surface area contributed by atoms with Crippen LogP contribution in [-0.2, 0) is 11.2 Å². The monoisotopic (exact) mass is 432 g/mol. The predicted octanol–water partition coefficient (Wildman–Crippen LogP) is 5.92. The van der Waals surface area contributed by atoms with Crippen LogP contribution < -0.4 is 14.4 Å². The van der Waals surface area contributed by atoms with Gasteiger partial charge < -0.3 is 9.47 Å². The third kappa shape index (κ3) is 4.25. The quantitative estimate of drug-likeness (QED) is 0.364. The van der Waals surface area contributed by atoms with Gasteiger partial charge in [-0.05, 0) is 48.7 Å². The van der Waals surface area contributed by atoms with Crippen LogP contribution >= 0.6 is 11.3 Å². The first-order valence-electron chi connectivity index (χ1n) is 10.1. The Morgan fingerprint density at radius 3 is 2.48 bits per heavy atom. The Morgan fingerprint density at radius 1 is 0.968 bits per heavy atom. The lowest BCUT2D eigenvalue weighted by molar-refractivity contribution is -0.117. The van der Waals surface area contributed by atoms with Crippen molar-refractivity contribution >= 4 is 38.3 Å². The van der Waals surface area contributed by atoms with Gasteiger partial charge in [0, 0.05) is 6.42 Å². The maximum Gasteiger partial charge on any atom is 0.233 e. The van der Waals surface area contributed by atoms with E-state index in [1.54, 1.807) is 19.1 Å². The van der Waals surface area contributed by atoms with Crippen molar-refractivity contribution in [3.63, 3.8) is 0 Å². The minimum Gasteiger partial charge on any atom is -0.493 e. The number of nitrogens with zero attached hydrogens (tertiary/aromatic N) is 2. The summed E-state index contributed by atoms with van der Waals surface area (Å²) in [5.74, 6) is 1.31. The van der Waals surface area contributed by atoms with Gasteiger partial charge in [0.1, 0.15) is 0 Å². The van der Waals surface area contributed by atoms with Crippen LogP contribution in [0.3, 0.4) is 0 Å². The minimum absolute atomic E-state index is 0.0155. The minimum atomic E-state index is -0.0155. The molecule has 158 valence electrons. The van der Waals surface area contributed by atoms with Crippen molar-refractivity contribution in [1.82, 2.24) is 4.98 Å². The summed E-state index contributed by atoms with van der Waals surface area (Å²) in [6, 6.07) is 21.6. The number of aryl methyl sites for hydroxylation is 2. The third-order valence-corrected chi connectivity index (χ3v) is 6.19. The predicted molar refractivity (Wildman–Crippen MR) is 126 cm³/mol. The van der Waals surface area contributed by atoms with Gasteiger partial charge in [-0.3, -0.25) is 9.69 Å². The second-order valence-corrected chi connectivity index (χ2v) is 8.14. The Morgan fingerprint density at radius 2 is 1.74 bits per heavy atom. The number of thiazole rings is 1. The van der Waals surface area contributed by atoms with Crippen LogP contribution in [0.25, 0.3) is 10.2 Å². The Balaban J connectivity index is 1.68. The van der Waals surface area contributed by atoms with Crippen LogP contribution in [0.15, 0.2) is 66.7 Å². The Bertz CT molecular complexity index is 1190. The summed E-state index contributed by atoms with van der Waals surface area (Å²) in [4.78, 5) is 20.0. The molecule has 1 heterocycles. The first-order valence-corrected chi connectivity index (χ1v) is 10.9. The molecule has 0 spiro atoms. The molecule has 1 amide bonds. The van der Waals surface area contributed by atoms with Gasteiger partial charge in [-0.1, -0.05) is 53.8 Å². The SMILES string of the molecule is COc1cccc(CCC(=O)N(c2nc3ccccc3s2)c2ccccc2C)c1OC. The zero-order valence-electron chi connectivity index (χ0n) is 17.8. The highest BCUT2D eigenvalue weighted by Gasteiger charge is 2.23. The number of para-hydroxylation sites is 3. The molecular weight excluding hydrogens is 408 g/mol. The molecule has 0 aliphatic rings. The Hall–Kier alpha value is -3.38. The molecule has 0 saturated heterocycles.